The monoisotopic (exact) mass is 248 g/mol. The van der Waals surface area contributed by atoms with Gasteiger partial charge in [0, 0.05) is 0 Å². The molecule has 0 saturated carbocycles. The topological polar surface area (TPSA) is 49.9 Å². The van der Waals surface area contributed by atoms with Crippen molar-refractivity contribution in [3.63, 3.8) is 0 Å². The molecule has 1 rings (SSSR count). The number of halogens is 2. The molecule has 0 aliphatic rings. The molecule has 0 fully saturated rings. The van der Waals surface area contributed by atoms with Crippen LogP contribution in [0.25, 0.3) is 0 Å². The minimum Gasteiger partial charge on any atom is -0.386 e. The van der Waals surface area contributed by atoms with E-state index in [9.17, 15) is 0 Å². The zero-order valence-electron chi connectivity index (χ0n) is 6.33. The molecule has 0 aromatic heterocycles. The largest absolute Gasteiger partial charge is 0.386 e. The molecule has 0 aliphatic heterocycles. The van der Waals surface area contributed by atoms with E-state index in [2.05, 4.69) is 15.9 Å². The Hall–Kier alpha value is -0.540. The van der Waals surface area contributed by atoms with Crippen LogP contribution in [-0.4, -0.2) is 5.84 Å². The van der Waals surface area contributed by atoms with Crippen LogP contribution in [0.3, 0.4) is 0 Å². The fourth-order valence-electron chi connectivity index (χ4n) is 0.802. The Morgan fingerprint density at radius 2 is 1.83 bits per heavy atom. The normalized spacial score (nSPS) is 11.4. The van der Waals surface area contributed by atoms with Crippen molar-refractivity contribution in [2.45, 2.75) is 4.83 Å². The Kier molecular flexibility index (Phi) is 4.93. The Balaban J connectivity index is 0.00000121. The number of amidine groups is 1. The highest BCUT2D eigenvalue weighted by molar-refractivity contribution is 9.09. The minimum absolute atomic E-state index is 0. The highest BCUT2D eigenvalue weighted by atomic mass is 79.9. The number of nitrogens with one attached hydrogen (secondary N) is 1. The lowest BCUT2D eigenvalue weighted by atomic mass is 10.1. The Labute approximate surface area is 86.2 Å². The van der Waals surface area contributed by atoms with Crippen LogP contribution in [0.5, 0.6) is 0 Å². The summed E-state index contributed by atoms with van der Waals surface area (Å²) in [6, 6.07) is 9.64. The third-order valence-corrected chi connectivity index (χ3v) is 2.39. The van der Waals surface area contributed by atoms with Gasteiger partial charge < -0.3 is 5.73 Å². The SMILES string of the molecule is Cl.N=C(N)C(Br)c1ccccc1. The van der Waals surface area contributed by atoms with Crippen LogP contribution in [-0.2, 0) is 0 Å². The molecule has 1 unspecified atom stereocenters. The van der Waals surface area contributed by atoms with Crippen molar-refractivity contribution in [3.8, 4) is 0 Å². The maximum atomic E-state index is 7.17. The van der Waals surface area contributed by atoms with Crippen molar-refractivity contribution in [3.05, 3.63) is 35.9 Å². The number of alkyl halides is 1. The van der Waals surface area contributed by atoms with Gasteiger partial charge in [0.2, 0.25) is 0 Å². The molecule has 0 amide bonds. The van der Waals surface area contributed by atoms with Crippen LogP contribution >= 0.6 is 28.3 Å². The molecular weight excluding hydrogens is 239 g/mol. The molecule has 1 aromatic carbocycles. The lowest BCUT2D eigenvalue weighted by Crippen LogP contribution is -2.15. The van der Waals surface area contributed by atoms with E-state index in [1.165, 1.54) is 0 Å². The summed E-state index contributed by atoms with van der Waals surface area (Å²) in [5.41, 5.74) is 6.32. The summed E-state index contributed by atoms with van der Waals surface area (Å²) in [5, 5.41) is 7.17. The summed E-state index contributed by atoms with van der Waals surface area (Å²) < 4.78 is 0. The average Bonchev–Trinajstić information content (AvgIpc) is 2.05. The predicted molar refractivity (Wildman–Crippen MR) is 57.3 cm³/mol. The summed E-state index contributed by atoms with van der Waals surface area (Å²) in [6.45, 7) is 0. The molecule has 3 N–H and O–H groups in total. The second kappa shape index (κ2) is 5.17. The molecule has 66 valence electrons. The second-order valence-corrected chi connectivity index (χ2v) is 3.14. The van der Waals surface area contributed by atoms with Gasteiger partial charge in [-0.05, 0) is 5.56 Å². The highest BCUT2D eigenvalue weighted by Gasteiger charge is 2.08. The van der Waals surface area contributed by atoms with Gasteiger partial charge in [0.05, 0.1) is 4.83 Å². The standard InChI is InChI=1S/C8H9BrN2.ClH/c9-7(8(10)11)6-4-2-1-3-5-6;/h1-5,7H,(H3,10,11);1H. The summed E-state index contributed by atoms with van der Waals surface area (Å²) in [7, 11) is 0. The highest BCUT2D eigenvalue weighted by Crippen LogP contribution is 2.21. The molecule has 0 heterocycles. The third kappa shape index (κ3) is 2.83. The van der Waals surface area contributed by atoms with Crippen molar-refractivity contribution in [1.29, 1.82) is 5.41 Å². The van der Waals surface area contributed by atoms with E-state index in [1.807, 2.05) is 30.3 Å². The van der Waals surface area contributed by atoms with Crippen molar-refractivity contribution in [2.75, 3.05) is 0 Å². The molecule has 1 atom stereocenters. The maximum absolute atomic E-state index is 7.17. The predicted octanol–water partition coefficient (Wildman–Crippen LogP) is 2.48. The third-order valence-electron chi connectivity index (χ3n) is 1.37. The first-order valence-electron chi connectivity index (χ1n) is 3.24. The van der Waals surface area contributed by atoms with Crippen LogP contribution in [0.2, 0.25) is 0 Å². The molecule has 2 nitrogen and oxygen atoms in total. The summed E-state index contributed by atoms with van der Waals surface area (Å²) >= 11 is 3.30. The van der Waals surface area contributed by atoms with Gasteiger partial charge >= 0.3 is 0 Å². The Bertz CT molecular complexity index is 250. The van der Waals surface area contributed by atoms with E-state index in [1.54, 1.807) is 0 Å². The fourth-order valence-corrected chi connectivity index (χ4v) is 1.11. The number of rotatable bonds is 2. The molecule has 4 heteroatoms. The molecule has 0 bridgehead atoms. The van der Waals surface area contributed by atoms with E-state index in [4.69, 9.17) is 11.1 Å². The van der Waals surface area contributed by atoms with E-state index < -0.39 is 0 Å². The first-order chi connectivity index (χ1) is 5.22. The summed E-state index contributed by atoms with van der Waals surface area (Å²) in [6.07, 6.45) is 0. The molecule has 0 spiro atoms. The summed E-state index contributed by atoms with van der Waals surface area (Å²) in [5.74, 6) is 0.135. The first-order valence-corrected chi connectivity index (χ1v) is 4.16. The van der Waals surface area contributed by atoms with Crippen molar-refractivity contribution >= 4 is 34.2 Å². The number of hydrogen-bond acceptors (Lipinski definition) is 1. The van der Waals surface area contributed by atoms with Gasteiger partial charge in [0.15, 0.2) is 0 Å². The second-order valence-electron chi connectivity index (χ2n) is 2.23. The van der Waals surface area contributed by atoms with Crippen LogP contribution in [0.4, 0.5) is 0 Å². The van der Waals surface area contributed by atoms with E-state index in [0.29, 0.717) is 0 Å². The van der Waals surface area contributed by atoms with E-state index >= 15 is 0 Å². The van der Waals surface area contributed by atoms with Gasteiger partial charge in [-0.25, -0.2) is 0 Å². The molecule has 1 aromatic rings. The van der Waals surface area contributed by atoms with Crippen LogP contribution in [0.1, 0.15) is 10.4 Å². The Morgan fingerprint density at radius 1 is 1.33 bits per heavy atom. The smallest absolute Gasteiger partial charge is 0.109 e. The number of benzene rings is 1. The van der Waals surface area contributed by atoms with Gasteiger partial charge in [-0.2, -0.15) is 0 Å². The van der Waals surface area contributed by atoms with Gasteiger partial charge in [-0.3, -0.25) is 5.41 Å². The molecule has 0 radical (unpaired) electrons. The van der Waals surface area contributed by atoms with E-state index in [0.717, 1.165) is 5.56 Å². The van der Waals surface area contributed by atoms with Crippen molar-refractivity contribution in [1.82, 2.24) is 0 Å². The zero-order chi connectivity index (χ0) is 8.27. The van der Waals surface area contributed by atoms with Crippen molar-refractivity contribution in [2.24, 2.45) is 5.73 Å². The quantitative estimate of drug-likeness (QED) is 0.472. The maximum Gasteiger partial charge on any atom is 0.109 e. The van der Waals surface area contributed by atoms with Gasteiger partial charge in [-0.1, -0.05) is 46.3 Å². The Morgan fingerprint density at radius 3 is 2.25 bits per heavy atom. The minimum atomic E-state index is -0.149. The molecular formula is C8H10BrClN2. The van der Waals surface area contributed by atoms with Crippen LogP contribution in [0.15, 0.2) is 30.3 Å². The fraction of sp³-hybridized carbons (Fsp3) is 0.125. The van der Waals surface area contributed by atoms with Gasteiger partial charge in [0.25, 0.3) is 0 Å². The average molecular weight is 250 g/mol. The molecule has 12 heavy (non-hydrogen) atoms. The number of nitrogens with two attached hydrogens (primary N) is 1. The summed E-state index contributed by atoms with van der Waals surface area (Å²) in [4.78, 5) is -0.149. The van der Waals surface area contributed by atoms with Crippen LogP contribution < -0.4 is 5.73 Å². The van der Waals surface area contributed by atoms with E-state index in [-0.39, 0.29) is 23.1 Å². The van der Waals surface area contributed by atoms with Gasteiger partial charge in [-0.15, -0.1) is 12.4 Å². The first kappa shape index (κ1) is 11.5. The lowest BCUT2D eigenvalue weighted by molar-refractivity contribution is 1.23. The van der Waals surface area contributed by atoms with Crippen molar-refractivity contribution < 1.29 is 0 Å². The lowest BCUT2D eigenvalue weighted by Gasteiger charge is -2.06. The number of hydrogen-bond donors (Lipinski definition) is 2. The molecule has 0 saturated heterocycles. The van der Waals surface area contributed by atoms with Crippen LogP contribution in [0, 0.1) is 5.41 Å². The molecule has 0 aliphatic carbocycles. The zero-order valence-corrected chi connectivity index (χ0v) is 8.73. The van der Waals surface area contributed by atoms with Gasteiger partial charge in [0.1, 0.15) is 5.84 Å².